The molecule has 0 unspecified atom stereocenters. The Bertz CT molecular complexity index is 1450. The fourth-order valence-electron chi connectivity index (χ4n) is 4.82. The van der Waals surface area contributed by atoms with Crippen LogP contribution in [0.1, 0.15) is 60.8 Å². The van der Waals surface area contributed by atoms with Crippen molar-refractivity contribution in [1.82, 2.24) is 0 Å². The first-order chi connectivity index (χ1) is 25.0. The van der Waals surface area contributed by atoms with E-state index in [-0.39, 0.29) is 75.8 Å². The van der Waals surface area contributed by atoms with Gasteiger partial charge >= 0.3 is 24.7 Å². The topological polar surface area (TPSA) is 95.1 Å². The number of halogens is 12. The summed E-state index contributed by atoms with van der Waals surface area (Å²) in [6.45, 7) is 6.67. The van der Waals surface area contributed by atoms with Crippen molar-refractivity contribution in [2.24, 2.45) is 0 Å². The number of hydrogen-bond acceptors (Lipinski definition) is 6. The quantitative estimate of drug-likeness (QED) is 0.300. The summed E-state index contributed by atoms with van der Waals surface area (Å²) in [5, 5.41) is 4.01. The lowest BCUT2D eigenvalue weighted by atomic mass is 10.1. The zero-order valence-corrected chi connectivity index (χ0v) is 28.1. The largest absolute Gasteiger partial charge is 0.495 e. The third-order valence-corrected chi connectivity index (χ3v) is 7.49. The first-order valence-corrected chi connectivity index (χ1v) is 16.0. The van der Waals surface area contributed by atoms with Crippen molar-refractivity contribution in [2.75, 3.05) is 37.1 Å². The molecule has 1 fully saturated rings. The zero-order valence-electron chi connectivity index (χ0n) is 28.1. The fourth-order valence-corrected chi connectivity index (χ4v) is 4.82. The maximum absolute atomic E-state index is 13.3. The van der Waals surface area contributed by atoms with E-state index in [1.54, 1.807) is 0 Å². The SMILES string of the molecule is C=C1OCCCCCO[C@@H](C(=O)Nc2cc(C(F)(F)F)cc(C(F)(F)F)c2)C(=C)OCCCCCO[C@H]1C(=O)Nc1cc(C(F)(F)F)cc(C(F)(F)F)c1. The smallest absolute Gasteiger partial charge is 0.416 e. The molecule has 54 heavy (non-hydrogen) atoms. The van der Waals surface area contributed by atoms with Crippen LogP contribution in [0.15, 0.2) is 61.1 Å². The van der Waals surface area contributed by atoms with E-state index in [1.165, 1.54) is 0 Å². The van der Waals surface area contributed by atoms with Crippen molar-refractivity contribution >= 4 is 23.2 Å². The van der Waals surface area contributed by atoms with Gasteiger partial charge in [-0.1, -0.05) is 13.2 Å². The number of amides is 2. The third kappa shape index (κ3) is 13.4. The molecule has 300 valence electrons. The molecule has 0 bridgehead atoms. The number of anilines is 2. The molecule has 20 heteroatoms. The average molecular weight is 795 g/mol. The molecule has 3 rings (SSSR count). The predicted molar refractivity (Wildman–Crippen MR) is 168 cm³/mol. The Morgan fingerprint density at radius 3 is 1.04 bits per heavy atom. The van der Waals surface area contributed by atoms with Gasteiger partial charge in [0.25, 0.3) is 11.8 Å². The summed E-state index contributed by atoms with van der Waals surface area (Å²) in [4.78, 5) is 26.1. The van der Waals surface area contributed by atoms with Gasteiger partial charge in [-0.2, -0.15) is 52.7 Å². The van der Waals surface area contributed by atoms with Crippen molar-refractivity contribution in [1.29, 1.82) is 0 Å². The van der Waals surface area contributed by atoms with Gasteiger partial charge in [0.05, 0.1) is 35.5 Å². The molecule has 8 nitrogen and oxygen atoms in total. The highest BCUT2D eigenvalue weighted by atomic mass is 19.4. The highest BCUT2D eigenvalue weighted by Gasteiger charge is 2.39. The monoisotopic (exact) mass is 794 g/mol. The second-order valence-electron chi connectivity index (χ2n) is 11.8. The van der Waals surface area contributed by atoms with Gasteiger partial charge in [-0.3, -0.25) is 9.59 Å². The van der Waals surface area contributed by atoms with Crippen molar-refractivity contribution in [3.63, 3.8) is 0 Å². The molecule has 0 saturated carbocycles. The highest BCUT2D eigenvalue weighted by Crippen LogP contribution is 2.39. The molecule has 2 aromatic carbocycles. The van der Waals surface area contributed by atoms with Crippen LogP contribution >= 0.6 is 0 Å². The van der Waals surface area contributed by atoms with Gasteiger partial charge in [-0.15, -0.1) is 0 Å². The van der Waals surface area contributed by atoms with E-state index in [1.807, 2.05) is 10.6 Å². The fraction of sp³-hybridized carbons (Fsp3) is 0.471. The highest BCUT2D eigenvalue weighted by molar-refractivity contribution is 5.96. The van der Waals surface area contributed by atoms with Crippen LogP contribution in [0.5, 0.6) is 0 Å². The molecule has 1 heterocycles. The Balaban J connectivity index is 1.68. The lowest BCUT2D eigenvalue weighted by Gasteiger charge is -2.22. The van der Waals surface area contributed by atoms with Crippen LogP contribution in [0.25, 0.3) is 0 Å². The number of ether oxygens (including phenoxy) is 4. The molecule has 0 spiro atoms. The standard InChI is InChI=1S/C34H34F12N2O6/c1-19-27(29(49)47-25-15-21(31(35,36)37)13-22(16-25)32(38,39)40)53-11-7-4-6-10-52-20(2)28(54-12-8-3-5-9-51-19)30(50)48-26-17-23(33(41,42)43)14-24(18-26)34(44,45)46/h13-18,27-28H,1-12H2,(H,47,49)(H,48,50)/t27-,28-/m1/s1. The minimum atomic E-state index is -5.16. The average Bonchev–Trinajstić information content (AvgIpc) is 3.04. The summed E-state index contributed by atoms with van der Waals surface area (Å²) < 4.78 is 182. The molecular weight excluding hydrogens is 760 g/mol. The number of carbonyl (C=O) groups excluding carboxylic acids is 2. The van der Waals surface area contributed by atoms with Crippen LogP contribution in [-0.4, -0.2) is 50.4 Å². The van der Waals surface area contributed by atoms with Crippen molar-refractivity contribution < 1.29 is 81.2 Å². The molecule has 1 saturated heterocycles. The molecule has 2 atom stereocenters. The summed E-state index contributed by atoms with van der Waals surface area (Å²) in [6.07, 6.45) is -22.4. The molecule has 0 radical (unpaired) electrons. The summed E-state index contributed by atoms with van der Waals surface area (Å²) in [6, 6.07) is 1.13. The minimum Gasteiger partial charge on any atom is -0.495 e. The Morgan fingerprint density at radius 2 is 0.759 bits per heavy atom. The van der Waals surface area contributed by atoms with Crippen LogP contribution in [0.4, 0.5) is 64.1 Å². The van der Waals surface area contributed by atoms with E-state index in [9.17, 15) is 62.3 Å². The predicted octanol–water partition coefficient (Wildman–Crippen LogP) is 9.52. The number of carbonyl (C=O) groups is 2. The minimum absolute atomic E-state index is 0.0967. The van der Waals surface area contributed by atoms with Crippen molar-refractivity contribution in [3.8, 4) is 0 Å². The number of rotatable bonds is 4. The van der Waals surface area contributed by atoms with E-state index in [2.05, 4.69) is 13.2 Å². The first-order valence-electron chi connectivity index (χ1n) is 16.0. The van der Waals surface area contributed by atoms with Gasteiger partial charge in [0.2, 0.25) is 0 Å². The maximum atomic E-state index is 13.3. The lowest BCUT2D eigenvalue weighted by molar-refractivity contribution is -0.144. The number of nitrogens with one attached hydrogen (secondary N) is 2. The Morgan fingerprint density at radius 1 is 0.481 bits per heavy atom. The van der Waals surface area contributed by atoms with E-state index in [4.69, 9.17) is 18.9 Å². The lowest BCUT2D eigenvalue weighted by Crippen LogP contribution is -2.34. The molecule has 1 aliphatic heterocycles. The van der Waals surface area contributed by atoms with Crippen LogP contribution in [-0.2, 0) is 53.2 Å². The Kier molecular flexibility index (Phi) is 14.8. The van der Waals surface area contributed by atoms with Crippen molar-refractivity contribution in [3.05, 3.63) is 83.3 Å². The molecule has 0 aromatic heterocycles. The van der Waals surface area contributed by atoms with E-state index in [0.29, 0.717) is 37.1 Å². The van der Waals surface area contributed by atoms with E-state index >= 15 is 0 Å². The second kappa shape index (κ2) is 18.2. The van der Waals surface area contributed by atoms with Crippen LogP contribution < -0.4 is 10.6 Å². The number of benzene rings is 2. The maximum Gasteiger partial charge on any atom is 0.416 e. The Labute approximate surface area is 300 Å². The van der Waals surface area contributed by atoms with Gasteiger partial charge in [-0.25, -0.2) is 0 Å². The van der Waals surface area contributed by atoms with Crippen LogP contribution in [0.2, 0.25) is 0 Å². The van der Waals surface area contributed by atoms with Crippen LogP contribution in [0, 0.1) is 0 Å². The molecule has 1 aliphatic rings. The third-order valence-electron chi connectivity index (χ3n) is 7.49. The molecule has 2 N–H and O–H groups in total. The normalized spacial score (nSPS) is 19.5. The van der Waals surface area contributed by atoms with Gasteiger partial charge in [0, 0.05) is 24.6 Å². The Hall–Kier alpha value is -4.46. The zero-order chi connectivity index (χ0) is 40.5. The van der Waals surface area contributed by atoms with E-state index < -0.39 is 82.4 Å². The van der Waals surface area contributed by atoms with Crippen molar-refractivity contribution in [2.45, 2.75) is 75.4 Å². The number of hydrogen-bond donors (Lipinski definition) is 2. The summed E-state index contributed by atoms with van der Waals surface area (Å²) in [7, 11) is 0. The summed E-state index contributed by atoms with van der Waals surface area (Å²) in [5.74, 6) is -2.90. The molecular formula is C34H34F12N2O6. The van der Waals surface area contributed by atoms with Gasteiger partial charge in [0.1, 0.15) is 11.5 Å². The second-order valence-corrected chi connectivity index (χ2v) is 11.8. The van der Waals surface area contributed by atoms with Gasteiger partial charge < -0.3 is 29.6 Å². The summed E-state index contributed by atoms with van der Waals surface area (Å²) >= 11 is 0. The molecule has 2 amide bonds. The van der Waals surface area contributed by atoms with Crippen LogP contribution in [0.3, 0.4) is 0 Å². The van der Waals surface area contributed by atoms with Gasteiger partial charge in [0.15, 0.2) is 12.2 Å². The van der Waals surface area contributed by atoms with E-state index in [0.717, 1.165) is 0 Å². The summed E-state index contributed by atoms with van der Waals surface area (Å²) in [5.41, 5.74) is -8.20. The molecule has 2 aromatic rings. The van der Waals surface area contributed by atoms with Gasteiger partial charge in [-0.05, 0) is 74.9 Å². The number of alkyl halides is 12. The first kappa shape index (κ1) is 43.9. The molecule has 0 aliphatic carbocycles.